The van der Waals surface area contributed by atoms with Crippen molar-refractivity contribution in [3.05, 3.63) is 60.2 Å². The average Bonchev–Trinajstić information content (AvgIpc) is 2.91. The Balaban J connectivity index is 1.98. The van der Waals surface area contributed by atoms with Gasteiger partial charge in [-0.3, -0.25) is 0 Å². The lowest BCUT2D eigenvalue weighted by atomic mass is 10.2. The molecule has 1 aromatic heterocycles. The number of benzene rings is 1. The van der Waals surface area contributed by atoms with E-state index in [-0.39, 0.29) is 6.03 Å². The summed E-state index contributed by atoms with van der Waals surface area (Å²) in [4.78, 5) is 18.2. The fourth-order valence-corrected chi connectivity index (χ4v) is 2.32. The van der Waals surface area contributed by atoms with Crippen LogP contribution in [0.1, 0.15) is 25.2 Å². The average molecular weight is 312 g/mol. The van der Waals surface area contributed by atoms with Crippen molar-refractivity contribution in [2.45, 2.75) is 27.3 Å². The Labute approximate surface area is 137 Å². The Bertz CT molecular complexity index is 673. The smallest absolute Gasteiger partial charge is 0.322 e. The SMILES string of the molecule is C=C(C)CN(CC)C(=O)Nc1ccc(Cn2ccnc2C)cc1. The van der Waals surface area contributed by atoms with Gasteiger partial charge in [-0.1, -0.05) is 24.3 Å². The van der Waals surface area contributed by atoms with Crippen LogP contribution in [0.4, 0.5) is 10.5 Å². The van der Waals surface area contributed by atoms with E-state index in [1.165, 1.54) is 5.56 Å². The van der Waals surface area contributed by atoms with Crippen LogP contribution >= 0.6 is 0 Å². The Kier molecular flexibility index (Phi) is 5.57. The minimum Gasteiger partial charge on any atom is -0.331 e. The topological polar surface area (TPSA) is 50.2 Å². The summed E-state index contributed by atoms with van der Waals surface area (Å²) >= 11 is 0. The number of rotatable bonds is 6. The van der Waals surface area contributed by atoms with Crippen LogP contribution in [0.3, 0.4) is 0 Å². The maximum atomic E-state index is 12.2. The van der Waals surface area contributed by atoms with Crippen LogP contribution in [0, 0.1) is 6.92 Å². The maximum absolute atomic E-state index is 12.2. The normalized spacial score (nSPS) is 10.4. The summed E-state index contributed by atoms with van der Waals surface area (Å²) in [5.41, 5.74) is 2.92. The fraction of sp³-hybridized carbons (Fsp3) is 0.333. The van der Waals surface area contributed by atoms with E-state index in [4.69, 9.17) is 0 Å². The van der Waals surface area contributed by atoms with E-state index in [9.17, 15) is 4.79 Å². The van der Waals surface area contributed by atoms with Gasteiger partial charge in [0.2, 0.25) is 0 Å². The van der Waals surface area contributed by atoms with Crippen LogP contribution in [0.5, 0.6) is 0 Å². The molecule has 1 heterocycles. The van der Waals surface area contributed by atoms with Crippen molar-refractivity contribution in [3.8, 4) is 0 Å². The largest absolute Gasteiger partial charge is 0.331 e. The number of amides is 2. The Morgan fingerprint density at radius 2 is 2.04 bits per heavy atom. The number of hydrogen-bond donors (Lipinski definition) is 1. The van der Waals surface area contributed by atoms with Crippen LogP contribution in [-0.2, 0) is 6.54 Å². The first-order valence-electron chi connectivity index (χ1n) is 7.76. The third kappa shape index (κ3) is 4.71. The molecule has 0 radical (unpaired) electrons. The van der Waals surface area contributed by atoms with Gasteiger partial charge in [0.05, 0.1) is 0 Å². The van der Waals surface area contributed by atoms with Gasteiger partial charge in [0.25, 0.3) is 0 Å². The molecule has 0 aliphatic heterocycles. The minimum absolute atomic E-state index is 0.103. The Hall–Kier alpha value is -2.56. The highest BCUT2D eigenvalue weighted by Gasteiger charge is 2.11. The standard InChI is InChI=1S/C18H24N4O/c1-5-21(12-14(2)3)18(23)20-17-8-6-16(7-9-17)13-22-11-10-19-15(22)4/h6-11H,2,5,12-13H2,1,3-4H3,(H,20,23). The molecule has 0 unspecified atom stereocenters. The summed E-state index contributed by atoms with van der Waals surface area (Å²) < 4.78 is 2.08. The van der Waals surface area contributed by atoms with E-state index in [2.05, 4.69) is 21.4 Å². The highest BCUT2D eigenvalue weighted by atomic mass is 16.2. The van der Waals surface area contributed by atoms with Gasteiger partial charge in [-0.2, -0.15) is 0 Å². The third-order valence-electron chi connectivity index (χ3n) is 3.61. The lowest BCUT2D eigenvalue weighted by Gasteiger charge is -2.21. The molecular weight excluding hydrogens is 288 g/mol. The third-order valence-corrected chi connectivity index (χ3v) is 3.61. The number of aromatic nitrogens is 2. The highest BCUT2D eigenvalue weighted by molar-refractivity contribution is 5.89. The number of likely N-dealkylation sites (N-methyl/N-ethyl adjacent to an activating group) is 1. The molecule has 0 saturated carbocycles. The first kappa shape index (κ1) is 16.8. The molecule has 0 fully saturated rings. The van der Waals surface area contributed by atoms with Gasteiger partial charge in [-0.15, -0.1) is 0 Å². The molecule has 2 amide bonds. The molecule has 5 nitrogen and oxygen atoms in total. The molecular formula is C18H24N4O. The summed E-state index contributed by atoms with van der Waals surface area (Å²) in [5.74, 6) is 0.987. The van der Waals surface area contributed by atoms with Crippen LogP contribution < -0.4 is 5.32 Å². The summed E-state index contributed by atoms with van der Waals surface area (Å²) in [7, 11) is 0. The summed E-state index contributed by atoms with van der Waals surface area (Å²) in [5, 5.41) is 2.92. The van der Waals surface area contributed by atoms with Crippen molar-refractivity contribution < 1.29 is 4.79 Å². The second-order valence-electron chi connectivity index (χ2n) is 5.70. The zero-order valence-corrected chi connectivity index (χ0v) is 14.0. The molecule has 0 spiro atoms. The Morgan fingerprint density at radius 3 is 2.57 bits per heavy atom. The van der Waals surface area contributed by atoms with Crippen molar-refractivity contribution in [2.24, 2.45) is 0 Å². The first-order chi connectivity index (χ1) is 11.0. The molecule has 0 aliphatic rings. The predicted molar refractivity (Wildman–Crippen MR) is 93.6 cm³/mol. The molecule has 0 atom stereocenters. The molecule has 0 saturated heterocycles. The quantitative estimate of drug-likeness (QED) is 0.827. The summed E-state index contributed by atoms with van der Waals surface area (Å²) in [6.45, 7) is 11.7. The lowest BCUT2D eigenvalue weighted by Crippen LogP contribution is -2.35. The van der Waals surface area contributed by atoms with E-state index in [1.54, 1.807) is 11.1 Å². The number of urea groups is 1. The number of imidazole rings is 1. The lowest BCUT2D eigenvalue weighted by molar-refractivity contribution is 0.218. The van der Waals surface area contributed by atoms with Crippen molar-refractivity contribution >= 4 is 11.7 Å². The zero-order valence-electron chi connectivity index (χ0n) is 14.0. The number of nitrogens with one attached hydrogen (secondary N) is 1. The van der Waals surface area contributed by atoms with Gasteiger partial charge < -0.3 is 14.8 Å². The van der Waals surface area contributed by atoms with Gasteiger partial charge in [-0.25, -0.2) is 9.78 Å². The predicted octanol–water partition coefficient (Wildman–Crippen LogP) is 3.67. The molecule has 23 heavy (non-hydrogen) atoms. The first-order valence-corrected chi connectivity index (χ1v) is 7.76. The fourth-order valence-electron chi connectivity index (χ4n) is 2.32. The molecule has 0 aliphatic carbocycles. The van der Waals surface area contributed by atoms with Crippen molar-refractivity contribution in [1.82, 2.24) is 14.5 Å². The van der Waals surface area contributed by atoms with E-state index in [1.807, 2.05) is 51.2 Å². The highest BCUT2D eigenvalue weighted by Crippen LogP contribution is 2.12. The maximum Gasteiger partial charge on any atom is 0.322 e. The van der Waals surface area contributed by atoms with Crippen LogP contribution in [0.25, 0.3) is 0 Å². The van der Waals surface area contributed by atoms with Gasteiger partial charge in [0, 0.05) is 37.7 Å². The second-order valence-corrected chi connectivity index (χ2v) is 5.70. The number of carbonyl (C=O) groups excluding carboxylic acids is 1. The zero-order chi connectivity index (χ0) is 16.8. The molecule has 5 heteroatoms. The Morgan fingerprint density at radius 1 is 1.35 bits per heavy atom. The number of hydrogen-bond acceptors (Lipinski definition) is 2. The van der Waals surface area contributed by atoms with Gasteiger partial charge in [0.1, 0.15) is 5.82 Å². The monoisotopic (exact) mass is 312 g/mol. The number of nitrogens with zero attached hydrogens (tertiary/aromatic N) is 3. The molecule has 2 aromatic rings. The van der Waals surface area contributed by atoms with E-state index >= 15 is 0 Å². The van der Waals surface area contributed by atoms with E-state index in [0.717, 1.165) is 23.6 Å². The number of aryl methyl sites for hydroxylation is 1. The van der Waals surface area contributed by atoms with Crippen molar-refractivity contribution in [2.75, 3.05) is 18.4 Å². The molecule has 1 N–H and O–H groups in total. The molecule has 2 rings (SSSR count). The minimum atomic E-state index is -0.103. The van der Waals surface area contributed by atoms with Gasteiger partial charge in [0.15, 0.2) is 0 Å². The molecule has 122 valence electrons. The van der Waals surface area contributed by atoms with Gasteiger partial charge >= 0.3 is 6.03 Å². The number of anilines is 1. The summed E-state index contributed by atoms with van der Waals surface area (Å²) in [6.07, 6.45) is 3.76. The summed E-state index contributed by atoms with van der Waals surface area (Å²) in [6, 6.07) is 7.78. The van der Waals surface area contributed by atoms with Crippen LogP contribution in [-0.4, -0.2) is 33.6 Å². The van der Waals surface area contributed by atoms with Crippen LogP contribution in [0.15, 0.2) is 48.8 Å². The van der Waals surface area contributed by atoms with Crippen molar-refractivity contribution in [1.29, 1.82) is 0 Å². The van der Waals surface area contributed by atoms with E-state index in [0.29, 0.717) is 13.1 Å². The van der Waals surface area contributed by atoms with Gasteiger partial charge in [-0.05, 0) is 38.5 Å². The number of carbonyl (C=O) groups is 1. The second kappa shape index (κ2) is 7.63. The van der Waals surface area contributed by atoms with Crippen LogP contribution in [0.2, 0.25) is 0 Å². The van der Waals surface area contributed by atoms with Crippen molar-refractivity contribution in [3.63, 3.8) is 0 Å². The molecule has 0 bridgehead atoms. The molecule has 1 aromatic carbocycles. The van der Waals surface area contributed by atoms with E-state index < -0.39 is 0 Å².